The fraction of sp³-hybridized carbons (Fsp3) is 0.222. The number of nitrogens with one attached hydrogen (secondary N) is 2. The van der Waals surface area contributed by atoms with Crippen LogP contribution in [0.3, 0.4) is 0 Å². The Morgan fingerprint density at radius 3 is 2.81 bits per heavy atom. The summed E-state index contributed by atoms with van der Waals surface area (Å²) in [6, 6.07) is 8.79. The molecule has 0 aromatic heterocycles. The van der Waals surface area contributed by atoms with Crippen LogP contribution in [0.4, 0.5) is 17.1 Å². The van der Waals surface area contributed by atoms with Crippen LogP contribution in [0.15, 0.2) is 36.4 Å². The van der Waals surface area contributed by atoms with Crippen molar-refractivity contribution in [2.45, 2.75) is 20.0 Å². The molecular weight excluding hydrogens is 354 g/mol. The number of anilines is 2. The lowest BCUT2D eigenvalue weighted by atomic mass is 10.1. The van der Waals surface area contributed by atoms with Gasteiger partial charge in [0.15, 0.2) is 11.9 Å². The first-order chi connectivity index (χ1) is 12.9. The molecule has 3 rings (SSSR count). The maximum absolute atomic E-state index is 12.4. The normalized spacial score (nSPS) is 15.2. The summed E-state index contributed by atoms with van der Waals surface area (Å²) >= 11 is 0. The number of nitrogens with zero attached hydrogens (tertiary/aromatic N) is 1. The van der Waals surface area contributed by atoms with Gasteiger partial charge in [0.1, 0.15) is 5.75 Å². The van der Waals surface area contributed by atoms with E-state index in [1.165, 1.54) is 12.1 Å². The molecule has 9 heteroatoms. The molecule has 1 heterocycles. The van der Waals surface area contributed by atoms with Gasteiger partial charge in [0.05, 0.1) is 17.2 Å². The molecule has 0 unspecified atom stereocenters. The van der Waals surface area contributed by atoms with E-state index >= 15 is 0 Å². The van der Waals surface area contributed by atoms with E-state index in [2.05, 4.69) is 10.6 Å². The summed E-state index contributed by atoms with van der Waals surface area (Å²) in [6.45, 7) is 3.62. The van der Waals surface area contributed by atoms with Crippen LogP contribution < -0.4 is 20.1 Å². The molecule has 0 saturated carbocycles. The molecule has 0 radical (unpaired) electrons. The second-order valence-electron chi connectivity index (χ2n) is 5.79. The molecule has 2 aromatic carbocycles. The van der Waals surface area contributed by atoms with Gasteiger partial charge in [0.25, 0.3) is 11.8 Å². The number of rotatable bonds is 5. The van der Waals surface area contributed by atoms with Gasteiger partial charge in [0.2, 0.25) is 0 Å². The van der Waals surface area contributed by atoms with E-state index in [1.54, 1.807) is 32.0 Å². The molecule has 1 aliphatic heterocycles. The number of nitro groups is 1. The van der Waals surface area contributed by atoms with Crippen molar-refractivity contribution in [3.8, 4) is 11.5 Å². The van der Waals surface area contributed by atoms with Crippen molar-refractivity contribution < 1.29 is 24.0 Å². The van der Waals surface area contributed by atoms with Gasteiger partial charge in [-0.1, -0.05) is 0 Å². The van der Waals surface area contributed by atoms with Crippen molar-refractivity contribution in [2.24, 2.45) is 0 Å². The molecule has 1 atom stereocenters. The Morgan fingerprint density at radius 1 is 1.33 bits per heavy atom. The van der Waals surface area contributed by atoms with Gasteiger partial charge in [-0.3, -0.25) is 19.7 Å². The third kappa shape index (κ3) is 3.81. The summed E-state index contributed by atoms with van der Waals surface area (Å²) < 4.78 is 10.7. The Kier molecular flexibility index (Phi) is 4.93. The van der Waals surface area contributed by atoms with E-state index in [0.717, 1.165) is 6.07 Å². The molecule has 140 valence electrons. The average molecular weight is 371 g/mol. The van der Waals surface area contributed by atoms with Crippen molar-refractivity contribution in [1.82, 2.24) is 0 Å². The van der Waals surface area contributed by atoms with Crippen LogP contribution in [0.5, 0.6) is 11.5 Å². The molecule has 0 aliphatic carbocycles. The number of carbonyl (C=O) groups excluding carboxylic acids is 2. The first-order valence-corrected chi connectivity index (χ1v) is 8.23. The first-order valence-electron chi connectivity index (χ1n) is 8.23. The highest BCUT2D eigenvalue weighted by molar-refractivity contribution is 6.05. The molecule has 1 aliphatic rings. The Balaban J connectivity index is 1.82. The summed E-state index contributed by atoms with van der Waals surface area (Å²) in [5.41, 5.74) is 0.670. The summed E-state index contributed by atoms with van der Waals surface area (Å²) in [4.78, 5) is 34.7. The Hall–Kier alpha value is -3.62. The van der Waals surface area contributed by atoms with E-state index in [1.807, 2.05) is 0 Å². The molecule has 0 spiro atoms. The summed E-state index contributed by atoms with van der Waals surface area (Å²) in [5.74, 6) is -0.218. The minimum Gasteiger partial charge on any atom is -0.487 e. The molecule has 2 amide bonds. The molecule has 0 fully saturated rings. The molecule has 0 saturated heterocycles. The highest BCUT2D eigenvalue weighted by atomic mass is 16.6. The van der Waals surface area contributed by atoms with Gasteiger partial charge in [-0.25, -0.2) is 0 Å². The Bertz CT molecular complexity index is 927. The van der Waals surface area contributed by atoms with Gasteiger partial charge in [-0.2, -0.15) is 0 Å². The SMILES string of the molecule is CCOc1ccc(C(=O)Nc2ccc3c(c2)NC(=O)[C@H](C)O3)cc1[N+](=O)[O-]. The number of benzene rings is 2. The number of hydrogen-bond acceptors (Lipinski definition) is 6. The van der Waals surface area contributed by atoms with Crippen molar-refractivity contribution >= 4 is 28.9 Å². The number of amides is 2. The second-order valence-corrected chi connectivity index (χ2v) is 5.79. The lowest BCUT2D eigenvalue weighted by Crippen LogP contribution is -2.34. The van der Waals surface area contributed by atoms with Crippen LogP contribution in [-0.4, -0.2) is 29.4 Å². The highest BCUT2D eigenvalue weighted by Gasteiger charge is 2.24. The highest BCUT2D eigenvalue weighted by Crippen LogP contribution is 2.33. The largest absolute Gasteiger partial charge is 0.487 e. The number of fused-ring (bicyclic) bond motifs is 1. The minimum atomic E-state index is -0.602. The van der Waals surface area contributed by atoms with Crippen molar-refractivity contribution in [1.29, 1.82) is 0 Å². The van der Waals surface area contributed by atoms with E-state index in [0.29, 0.717) is 17.1 Å². The predicted octanol–water partition coefficient (Wildman–Crippen LogP) is 2.97. The zero-order valence-corrected chi connectivity index (χ0v) is 14.6. The number of carbonyl (C=O) groups is 2. The molecule has 2 aromatic rings. The lowest BCUT2D eigenvalue weighted by Gasteiger charge is -2.23. The van der Waals surface area contributed by atoms with E-state index < -0.39 is 16.9 Å². The third-order valence-corrected chi connectivity index (χ3v) is 3.89. The van der Waals surface area contributed by atoms with Gasteiger partial charge in [0, 0.05) is 17.3 Å². The fourth-order valence-corrected chi connectivity index (χ4v) is 2.57. The maximum atomic E-state index is 12.4. The van der Waals surface area contributed by atoms with E-state index in [4.69, 9.17) is 9.47 Å². The monoisotopic (exact) mass is 371 g/mol. The van der Waals surface area contributed by atoms with E-state index in [9.17, 15) is 19.7 Å². The Labute approximate surface area is 154 Å². The van der Waals surface area contributed by atoms with Gasteiger partial charge in [-0.05, 0) is 44.2 Å². The second kappa shape index (κ2) is 7.32. The van der Waals surface area contributed by atoms with Gasteiger partial charge >= 0.3 is 5.69 Å². The van der Waals surface area contributed by atoms with Crippen LogP contribution >= 0.6 is 0 Å². The van der Waals surface area contributed by atoms with Gasteiger partial charge in [-0.15, -0.1) is 0 Å². The smallest absolute Gasteiger partial charge is 0.311 e. The molecule has 2 N–H and O–H groups in total. The van der Waals surface area contributed by atoms with Crippen molar-refractivity contribution in [2.75, 3.05) is 17.2 Å². The molecule has 27 heavy (non-hydrogen) atoms. The van der Waals surface area contributed by atoms with Crippen molar-refractivity contribution in [3.05, 3.63) is 52.1 Å². The minimum absolute atomic E-state index is 0.0989. The topological polar surface area (TPSA) is 120 Å². The van der Waals surface area contributed by atoms with E-state index in [-0.39, 0.29) is 29.5 Å². The molecule has 9 nitrogen and oxygen atoms in total. The maximum Gasteiger partial charge on any atom is 0.311 e. The standard InChI is InChI=1S/C18H17N3O6/c1-3-26-16-6-4-11(8-14(16)21(24)25)18(23)19-12-5-7-15-13(9-12)20-17(22)10(2)27-15/h4-10H,3H2,1-2H3,(H,19,23)(H,20,22)/t10-/m0/s1. The summed E-state index contributed by atoms with van der Waals surface area (Å²) in [6.07, 6.45) is -0.595. The third-order valence-electron chi connectivity index (χ3n) is 3.89. The fourth-order valence-electron chi connectivity index (χ4n) is 2.57. The number of nitro benzene ring substituents is 1. The number of hydrogen-bond donors (Lipinski definition) is 2. The predicted molar refractivity (Wildman–Crippen MR) is 97.4 cm³/mol. The first kappa shape index (κ1) is 18.2. The summed E-state index contributed by atoms with van der Waals surface area (Å²) in [5, 5.41) is 16.5. The van der Waals surface area contributed by atoms with Gasteiger partial charge < -0.3 is 20.1 Å². The number of ether oxygens (including phenoxy) is 2. The van der Waals surface area contributed by atoms with Crippen molar-refractivity contribution in [3.63, 3.8) is 0 Å². The lowest BCUT2D eigenvalue weighted by molar-refractivity contribution is -0.385. The van der Waals surface area contributed by atoms with Crippen LogP contribution in [0.2, 0.25) is 0 Å². The quantitative estimate of drug-likeness (QED) is 0.616. The van der Waals surface area contributed by atoms with Crippen LogP contribution in [-0.2, 0) is 4.79 Å². The van der Waals surface area contributed by atoms with Crippen LogP contribution in [0.25, 0.3) is 0 Å². The Morgan fingerprint density at radius 2 is 2.11 bits per heavy atom. The average Bonchev–Trinajstić information content (AvgIpc) is 2.63. The molecular formula is C18H17N3O6. The zero-order valence-electron chi connectivity index (χ0n) is 14.6. The van der Waals surface area contributed by atoms with Crippen LogP contribution in [0, 0.1) is 10.1 Å². The molecule has 0 bridgehead atoms. The zero-order chi connectivity index (χ0) is 19.6. The summed E-state index contributed by atoms with van der Waals surface area (Å²) in [7, 11) is 0. The van der Waals surface area contributed by atoms with Crippen LogP contribution in [0.1, 0.15) is 24.2 Å².